The van der Waals surface area contributed by atoms with Crippen LogP contribution in [0.1, 0.15) is 19.3 Å². The van der Waals surface area contributed by atoms with Gasteiger partial charge in [0.2, 0.25) is 0 Å². The van der Waals surface area contributed by atoms with Crippen LogP contribution in [0.25, 0.3) is 0 Å². The Hall–Kier alpha value is 0.320. The molecule has 0 heterocycles. The Labute approximate surface area is 82.9 Å². The minimum absolute atomic E-state index is 0.324. The van der Waals surface area contributed by atoms with Gasteiger partial charge in [-0.3, -0.25) is 0 Å². The number of hydrogen-bond donors (Lipinski definition) is 0. The van der Waals surface area contributed by atoms with Gasteiger partial charge in [0.1, 0.15) is 0 Å². The Bertz CT molecular complexity index is 244. The van der Waals surface area contributed by atoms with Crippen molar-refractivity contribution in [3.8, 4) is 0 Å². The van der Waals surface area contributed by atoms with Gasteiger partial charge in [-0.2, -0.15) is 0 Å². The zero-order valence-corrected chi connectivity index (χ0v) is 8.35. The Morgan fingerprint density at radius 2 is 2.08 bits per heavy atom. The van der Waals surface area contributed by atoms with Gasteiger partial charge in [0.05, 0.1) is 0 Å². The Morgan fingerprint density at radius 3 is 2.92 bits per heavy atom. The molecular weight excluding hydrogens is 191 g/mol. The van der Waals surface area contributed by atoms with Crippen LogP contribution in [-0.4, -0.2) is 5.38 Å². The lowest BCUT2D eigenvalue weighted by Gasteiger charge is -2.25. The molecule has 0 amide bonds. The second-order valence-electron chi connectivity index (χ2n) is 4.48. The fourth-order valence-electron chi connectivity index (χ4n) is 3.47. The molecule has 0 N–H and O–H groups in total. The number of hydrogen-bond acceptors (Lipinski definition) is 0. The Morgan fingerprint density at radius 1 is 1.25 bits per heavy atom. The zero-order valence-electron chi connectivity index (χ0n) is 6.84. The molecule has 5 atom stereocenters. The van der Waals surface area contributed by atoms with Gasteiger partial charge >= 0.3 is 0 Å². The quantitative estimate of drug-likeness (QED) is 0.529. The first-order valence-electron chi connectivity index (χ1n) is 4.77. The van der Waals surface area contributed by atoms with Crippen LogP contribution in [-0.2, 0) is 0 Å². The Balaban J connectivity index is 2.05. The first-order valence-corrected chi connectivity index (χ1v) is 5.58. The topological polar surface area (TPSA) is 0 Å². The summed E-state index contributed by atoms with van der Waals surface area (Å²) in [6.45, 7) is 0. The SMILES string of the molecule is ClC1=C[C@@H]2C[C@@H]3C[C@@H](Cl)[C@H]1[C@@H]3C2. The average Bonchev–Trinajstić information content (AvgIpc) is 2.40. The minimum atomic E-state index is 0.324. The van der Waals surface area contributed by atoms with E-state index in [1.54, 1.807) is 0 Å². The third kappa shape index (κ3) is 0.858. The summed E-state index contributed by atoms with van der Waals surface area (Å²) in [4.78, 5) is 0. The summed E-state index contributed by atoms with van der Waals surface area (Å²) in [5.74, 6) is 3.01. The van der Waals surface area contributed by atoms with Gasteiger partial charge in [0.25, 0.3) is 0 Å². The molecule has 0 aromatic heterocycles. The highest BCUT2D eigenvalue weighted by atomic mass is 35.5. The van der Waals surface area contributed by atoms with Crippen LogP contribution < -0.4 is 0 Å². The molecule has 3 rings (SSSR count). The van der Waals surface area contributed by atoms with E-state index >= 15 is 0 Å². The molecule has 0 radical (unpaired) electrons. The van der Waals surface area contributed by atoms with E-state index in [9.17, 15) is 0 Å². The molecule has 2 fully saturated rings. The maximum Gasteiger partial charge on any atom is 0.0418 e. The Kier molecular flexibility index (Phi) is 1.55. The van der Waals surface area contributed by atoms with Crippen molar-refractivity contribution in [3.05, 3.63) is 11.1 Å². The van der Waals surface area contributed by atoms with Crippen LogP contribution in [0.2, 0.25) is 0 Å². The molecule has 12 heavy (non-hydrogen) atoms. The molecule has 0 spiro atoms. The summed E-state index contributed by atoms with van der Waals surface area (Å²) >= 11 is 12.5. The van der Waals surface area contributed by atoms with E-state index in [-0.39, 0.29) is 0 Å². The smallest absolute Gasteiger partial charge is 0.0418 e. The lowest BCUT2D eigenvalue weighted by atomic mass is 9.86. The fraction of sp³-hybridized carbons (Fsp3) is 0.800. The van der Waals surface area contributed by atoms with Crippen LogP contribution in [0.15, 0.2) is 11.1 Å². The van der Waals surface area contributed by atoms with Crippen molar-refractivity contribution in [2.24, 2.45) is 23.7 Å². The molecule has 0 aromatic rings. The number of allylic oxidation sites excluding steroid dienone is 2. The van der Waals surface area contributed by atoms with E-state index in [0.29, 0.717) is 11.3 Å². The summed E-state index contributed by atoms with van der Waals surface area (Å²) in [6, 6.07) is 0. The minimum Gasteiger partial charge on any atom is -0.122 e. The second kappa shape index (κ2) is 2.42. The maximum atomic E-state index is 6.27. The molecular formula is C10H12Cl2. The monoisotopic (exact) mass is 202 g/mol. The number of halogens is 2. The fourth-order valence-corrected chi connectivity index (χ4v) is 4.57. The highest BCUT2D eigenvalue weighted by molar-refractivity contribution is 6.31. The van der Waals surface area contributed by atoms with Gasteiger partial charge in [-0.25, -0.2) is 0 Å². The summed E-state index contributed by atoms with van der Waals surface area (Å²) < 4.78 is 0. The van der Waals surface area contributed by atoms with E-state index in [0.717, 1.165) is 22.8 Å². The van der Waals surface area contributed by atoms with Gasteiger partial charge < -0.3 is 0 Å². The highest BCUT2D eigenvalue weighted by Crippen LogP contribution is 2.58. The maximum absolute atomic E-state index is 6.27. The second-order valence-corrected chi connectivity index (χ2v) is 5.48. The van der Waals surface area contributed by atoms with Gasteiger partial charge in [-0.1, -0.05) is 17.7 Å². The highest BCUT2D eigenvalue weighted by Gasteiger charge is 2.51. The van der Waals surface area contributed by atoms with E-state index in [1.807, 2.05) is 0 Å². The first kappa shape index (κ1) is 7.70. The predicted molar refractivity (Wildman–Crippen MR) is 51.4 cm³/mol. The predicted octanol–water partition coefficient (Wildman–Crippen LogP) is 3.39. The molecule has 0 nitrogen and oxygen atoms in total. The molecule has 2 saturated carbocycles. The molecule has 66 valence electrons. The summed E-state index contributed by atoms with van der Waals surface area (Å²) in [6.07, 6.45) is 6.17. The van der Waals surface area contributed by atoms with Crippen molar-refractivity contribution in [1.82, 2.24) is 0 Å². The van der Waals surface area contributed by atoms with Crippen LogP contribution in [0, 0.1) is 23.7 Å². The average molecular weight is 203 g/mol. The molecule has 0 saturated heterocycles. The van der Waals surface area contributed by atoms with Gasteiger partial charge in [0.15, 0.2) is 0 Å². The van der Waals surface area contributed by atoms with Crippen LogP contribution in [0.5, 0.6) is 0 Å². The van der Waals surface area contributed by atoms with Crippen molar-refractivity contribution in [2.45, 2.75) is 24.6 Å². The third-order valence-corrected chi connectivity index (χ3v) is 4.71. The lowest BCUT2D eigenvalue weighted by molar-refractivity contribution is 0.389. The van der Waals surface area contributed by atoms with Crippen LogP contribution >= 0.6 is 23.2 Å². The molecule has 0 unspecified atom stereocenters. The first-order chi connectivity index (χ1) is 5.75. The van der Waals surface area contributed by atoms with E-state index in [4.69, 9.17) is 23.2 Å². The van der Waals surface area contributed by atoms with Crippen molar-refractivity contribution in [3.63, 3.8) is 0 Å². The zero-order chi connectivity index (χ0) is 8.29. The number of fused-ring (bicyclic) bond motifs is 1. The van der Waals surface area contributed by atoms with Crippen molar-refractivity contribution < 1.29 is 0 Å². The van der Waals surface area contributed by atoms with Crippen molar-refractivity contribution in [2.75, 3.05) is 0 Å². The summed E-state index contributed by atoms with van der Waals surface area (Å²) in [5.41, 5.74) is 0. The van der Waals surface area contributed by atoms with Crippen LogP contribution in [0.3, 0.4) is 0 Å². The lowest BCUT2D eigenvalue weighted by Crippen LogP contribution is -2.19. The van der Waals surface area contributed by atoms with Crippen molar-refractivity contribution in [1.29, 1.82) is 0 Å². The standard InChI is InChI=1S/C10H12Cl2/c11-8-3-5-1-6-4-9(12)10(8)7(6)2-5/h3,5-7,9-10H,1-2,4H2/t5-,6-,7-,9-,10+/m1/s1. The summed E-state index contributed by atoms with van der Waals surface area (Å²) in [5, 5.41) is 1.39. The van der Waals surface area contributed by atoms with E-state index < -0.39 is 0 Å². The number of rotatable bonds is 0. The molecule has 2 heteroatoms. The van der Waals surface area contributed by atoms with Crippen LogP contribution in [0.4, 0.5) is 0 Å². The van der Waals surface area contributed by atoms with Gasteiger partial charge in [0, 0.05) is 16.3 Å². The molecule has 3 aliphatic rings. The summed E-state index contributed by atoms with van der Waals surface area (Å²) in [7, 11) is 0. The van der Waals surface area contributed by atoms with Gasteiger partial charge in [-0.05, 0) is 37.0 Å². The normalized spacial score (nSPS) is 55.8. The van der Waals surface area contributed by atoms with Crippen molar-refractivity contribution >= 4 is 23.2 Å². The third-order valence-electron chi connectivity index (χ3n) is 3.88. The molecule has 2 bridgehead atoms. The molecule has 3 aliphatic carbocycles. The molecule has 0 aromatic carbocycles. The van der Waals surface area contributed by atoms with E-state index in [2.05, 4.69) is 6.08 Å². The largest absolute Gasteiger partial charge is 0.122 e. The molecule has 0 aliphatic heterocycles. The van der Waals surface area contributed by atoms with Gasteiger partial charge in [-0.15, -0.1) is 11.6 Å². The van der Waals surface area contributed by atoms with E-state index in [1.165, 1.54) is 19.3 Å². The number of alkyl halides is 1.